The van der Waals surface area contributed by atoms with E-state index in [4.69, 9.17) is 21.4 Å². The van der Waals surface area contributed by atoms with Crippen molar-refractivity contribution < 1.29 is 9.84 Å². The highest BCUT2D eigenvalue weighted by molar-refractivity contribution is 6.33. The van der Waals surface area contributed by atoms with Crippen LogP contribution in [0.4, 0.5) is 5.82 Å². The van der Waals surface area contributed by atoms with Gasteiger partial charge >= 0.3 is 0 Å². The number of nitrogens with zero attached hydrogens (tertiary/aromatic N) is 2. The zero-order valence-corrected chi connectivity index (χ0v) is 9.78. The second-order valence-corrected chi connectivity index (χ2v) is 4.17. The summed E-state index contributed by atoms with van der Waals surface area (Å²) in [6.45, 7) is 3.19. The van der Waals surface area contributed by atoms with E-state index in [9.17, 15) is 0 Å². The van der Waals surface area contributed by atoms with Gasteiger partial charge in [-0.15, -0.1) is 0 Å². The molecule has 1 aromatic rings. The number of halogens is 1. The fourth-order valence-electron chi connectivity index (χ4n) is 1.75. The second kappa shape index (κ2) is 5.48. The lowest BCUT2D eigenvalue weighted by atomic mass is 10.3. The largest absolute Gasteiger partial charge is 0.392 e. The van der Waals surface area contributed by atoms with Crippen LogP contribution in [0.5, 0.6) is 0 Å². The third kappa shape index (κ3) is 2.64. The first-order chi connectivity index (χ1) is 7.81. The molecule has 0 aliphatic carbocycles. The third-order valence-electron chi connectivity index (χ3n) is 2.58. The number of aliphatic hydroxyl groups excluding tert-OH is 1. The van der Waals surface area contributed by atoms with E-state index in [0.717, 1.165) is 37.5 Å². The van der Waals surface area contributed by atoms with Crippen LogP contribution in [0.2, 0.25) is 5.02 Å². The van der Waals surface area contributed by atoms with Gasteiger partial charge in [-0.2, -0.15) is 0 Å². The quantitative estimate of drug-likeness (QED) is 0.853. The Morgan fingerprint density at radius 2 is 2.31 bits per heavy atom. The fraction of sp³-hybridized carbons (Fsp3) is 0.545. The number of anilines is 1. The molecule has 88 valence electrons. The van der Waals surface area contributed by atoms with Crippen molar-refractivity contribution in [2.75, 3.05) is 31.2 Å². The standard InChI is InChI=1S/C11H15ClN2O2/c12-10-6-9(8-15)7-13-11(10)14-2-1-4-16-5-3-14/h6-7,15H,1-5,8H2. The van der Waals surface area contributed by atoms with Gasteiger partial charge in [0.1, 0.15) is 5.82 Å². The molecule has 2 rings (SSSR count). The Morgan fingerprint density at radius 3 is 3.06 bits per heavy atom. The van der Waals surface area contributed by atoms with E-state index >= 15 is 0 Å². The van der Waals surface area contributed by atoms with Crippen LogP contribution in [0.25, 0.3) is 0 Å². The molecule has 0 aromatic carbocycles. The summed E-state index contributed by atoms with van der Waals surface area (Å²) < 4.78 is 5.38. The maximum atomic E-state index is 8.98. The molecule has 0 bridgehead atoms. The molecule has 0 spiro atoms. The predicted octanol–water partition coefficient (Wildman–Crippen LogP) is 1.45. The van der Waals surface area contributed by atoms with Gasteiger partial charge in [-0.25, -0.2) is 4.98 Å². The molecule has 1 fully saturated rings. The Bertz CT molecular complexity index is 352. The Morgan fingerprint density at radius 1 is 1.44 bits per heavy atom. The number of aliphatic hydroxyl groups is 1. The predicted molar refractivity (Wildman–Crippen MR) is 62.8 cm³/mol. The minimum Gasteiger partial charge on any atom is -0.392 e. The van der Waals surface area contributed by atoms with Crippen LogP contribution in [0, 0.1) is 0 Å². The molecule has 0 radical (unpaired) electrons. The Kier molecular flexibility index (Phi) is 3.98. The first-order valence-corrected chi connectivity index (χ1v) is 5.77. The van der Waals surface area contributed by atoms with Crippen LogP contribution in [0.3, 0.4) is 0 Å². The number of hydrogen-bond acceptors (Lipinski definition) is 4. The molecule has 1 aliphatic heterocycles. The van der Waals surface area contributed by atoms with Crippen molar-refractivity contribution in [2.45, 2.75) is 13.0 Å². The summed E-state index contributed by atoms with van der Waals surface area (Å²) in [6, 6.07) is 1.76. The molecule has 0 amide bonds. The zero-order valence-electron chi connectivity index (χ0n) is 9.03. The number of rotatable bonds is 2. The monoisotopic (exact) mass is 242 g/mol. The lowest BCUT2D eigenvalue weighted by Gasteiger charge is -2.21. The Hall–Kier alpha value is -0.840. The average Bonchev–Trinajstić information content (AvgIpc) is 2.57. The third-order valence-corrected chi connectivity index (χ3v) is 2.86. The lowest BCUT2D eigenvalue weighted by Crippen LogP contribution is -2.27. The van der Waals surface area contributed by atoms with Crippen molar-refractivity contribution in [3.8, 4) is 0 Å². The van der Waals surface area contributed by atoms with Gasteiger partial charge in [0.15, 0.2) is 0 Å². The summed E-state index contributed by atoms with van der Waals surface area (Å²) in [6.07, 6.45) is 2.65. The van der Waals surface area contributed by atoms with Crippen LogP contribution in [0.1, 0.15) is 12.0 Å². The summed E-state index contributed by atoms with van der Waals surface area (Å²) in [7, 11) is 0. The van der Waals surface area contributed by atoms with E-state index in [1.807, 2.05) is 0 Å². The van der Waals surface area contributed by atoms with E-state index in [-0.39, 0.29) is 6.61 Å². The normalized spacial score (nSPS) is 17.2. The molecule has 5 heteroatoms. The topological polar surface area (TPSA) is 45.6 Å². The molecule has 0 saturated carbocycles. The zero-order chi connectivity index (χ0) is 11.4. The maximum absolute atomic E-state index is 8.98. The van der Waals surface area contributed by atoms with Crippen LogP contribution < -0.4 is 4.90 Å². The van der Waals surface area contributed by atoms with Crippen molar-refractivity contribution in [3.05, 3.63) is 22.8 Å². The van der Waals surface area contributed by atoms with Crippen molar-refractivity contribution in [2.24, 2.45) is 0 Å². The molecule has 16 heavy (non-hydrogen) atoms. The molecule has 2 heterocycles. The first-order valence-electron chi connectivity index (χ1n) is 5.39. The summed E-state index contributed by atoms with van der Waals surface area (Å²) in [5, 5.41) is 9.57. The highest BCUT2D eigenvalue weighted by Gasteiger charge is 2.14. The molecular weight excluding hydrogens is 228 g/mol. The van der Waals surface area contributed by atoms with Crippen LogP contribution in [-0.4, -0.2) is 36.4 Å². The van der Waals surface area contributed by atoms with Gasteiger partial charge in [0, 0.05) is 25.9 Å². The smallest absolute Gasteiger partial charge is 0.147 e. The summed E-state index contributed by atoms with van der Waals surface area (Å²) >= 11 is 6.14. The van der Waals surface area contributed by atoms with E-state index in [1.54, 1.807) is 12.3 Å². The number of ether oxygens (including phenoxy) is 1. The summed E-state index contributed by atoms with van der Waals surface area (Å²) in [4.78, 5) is 6.41. The van der Waals surface area contributed by atoms with Crippen LogP contribution in [0.15, 0.2) is 12.3 Å². The van der Waals surface area contributed by atoms with Crippen molar-refractivity contribution in [1.29, 1.82) is 0 Å². The molecule has 1 saturated heterocycles. The molecule has 4 nitrogen and oxygen atoms in total. The SMILES string of the molecule is OCc1cnc(N2CCCOCC2)c(Cl)c1. The Balaban J connectivity index is 2.18. The van der Waals surface area contributed by atoms with E-state index < -0.39 is 0 Å². The molecule has 1 aliphatic rings. The van der Waals surface area contributed by atoms with Crippen molar-refractivity contribution in [1.82, 2.24) is 4.98 Å². The lowest BCUT2D eigenvalue weighted by molar-refractivity contribution is 0.152. The second-order valence-electron chi connectivity index (χ2n) is 3.76. The minimum absolute atomic E-state index is 0.0316. The van der Waals surface area contributed by atoms with Crippen LogP contribution >= 0.6 is 11.6 Å². The molecule has 1 aromatic heterocycles. The number of aromatic nitrogens is 1. The molecule has 1 N–H and O–H groups in total. The van der Waals surface area contributed by atoms with E-state index in [0.29, 0.717) is 11.6 Å². The van der Waals surface area contributed by atoms with Gasteiger partial charge in [-0.3, -0.25) is 0 Å². The number of pyridine rings is 1. The average molecular weight is 243 g/mol. The minimum atomic E-state index is -0.0316. The summed E-state index contributed by atoms with van der Waals surface area (Å²) in [5.74, 6) is 0.782. The van der Waals surface area contributed by atoms with E-state index in [2.05, 4.69) is 9.88 Å². The van der Waals surface area contributed by atoms with Crippen molar-refractivity contribution >= 4 is 17.4 Å². The maximum Gasteiger partial charge on any atom is 0.147 e. The Labute approximate surface area is 99.8 Å². The van der Waals surface area contributed by atoms with Gasteiger partial charge in [0.05, 0.1) is 18.2 Å². The number of hydrogen-bond donors (Lipinski definition) is 1. The molecular formula is C11H15ClN2O2. The fourth-order valence-corrected chi connectivity index (χ4v) is 2.06. The van der Waals surface area contributed by atoms with Crippen LogP contribution in [-0.2, 0) is 11.3 Å². The van der Waals surface area contributed by atoms with Gasteiger partial charge < -0.3 is 14.7 Å². The molecule has 0 unspecified atom stereocenters. The molecule has 0 atom stereocenters. The highest BCUT2D eigenvalue weighted by Crippen LogP contribution is 2.24. The van der Waals surface area contributed by atoms with Gasteiger partial charge in [0.2, 0.25) is 0 Å². The summed E-state index contributed by atoms with van der Waals surface area (Å²) in [5.41, 5.74) is 0.736. The van der Waals surface area contributed by atoms with Gasteiger partial charge in [-0.05, 0) is 18.1 Å². The van der Waals surface area contributed by atoms with Crippen molar-refractivity contribution in [3.63, 3.8) is 0 Å². The van der Waals surface area contributed by atoms with Gasteiger partial charge in [-0.1, -0.05) is 11.6 Å². The highest BCUT2D eigenvalue weighted by atomic mass is 35.5. The first kappa shape index (κ1) is 11.6. The van der Waals surface area contributed by atoms with Gasteiger partial charge in [0.25, 0.3) is 0 Å². The van der Waals surface area contributed by atoms with E-state index in [1.165, 1.54) is 0 Å².